The van der Waals surface area contributed by atoms with E-state index in [1.165, 1.54) is 0 Å². The molecule has 4 nitrogen and oxygen atoms in total. The number of nitrogens with zero attached hydrogens (tertiary/aromatic N) is 3. The number of aromatic nitrogens is 3. The molecule has 0 aliphatic rings. The Kier molecular flexibility index (Phi) is 1.71. The van der Waals surface area contributed by atoms with Gasteiger partial charge in [-0.2, -0.15) is 5.10 Å². The van der Waals surface area contributed by atoms with E-state index in [2.05, 4.69) is 10.1 Å². The maximum Gasteiger partial charge on any atom is 0.159 e. The molecule has 0 aliphatic carbocycles. The molecule has 0 radical (unpaired) electrons. The molecule has 2 aromatic rings. The highest BCUT2D eigenvalue weighted by Gasteiger charge is 2.02. The fraction of sp³-hybridized carbons (Fsp3) is 0.143. The Labute approximate surface area is 74.0 Å². The van der Waals surface area contributed by atoms with Gasteiger partial charge in [0.15, 0.2) is 5.65 Å². The Morgan fingerprint density at radius 2 is 2.33 bits per heavy atom. The predicted molar refractivity (Wildman–Crippen MR) is 45.9 cm³/mol. The van der Waals surface area contributed by atoms with Gasteiger partial charge < -0.3 is 5.73 Å². The lowest BCUT2D eigenvalue weighted by molar-refractivity contribution is 0.939. The summed E-state index contributed by atoms with van der Waals surface area (Å²) in [7, 11) is 0. The van der Waals surface area contributed by atoms with Gasteiger partial charge in [-0.1, -0.05) is 11.6 Å². The molecule has 62 valence electrons. The second-order valence-corrected chi connectivity index (χ2v) is 2.85. The molecular formula is C7H7ClN4. The summed E-state index contributed by atoms with van der Waals surface area (Å²) in [6.45, 7) is 0.443. The summed E-state index contributed by atoms with van der Waals surface area (Å²) in [5.41, 5.74) is 7.16. The number of halogens is 1. The molecule has 2 aromatic heterocycles. The first-order valence-corrected chi connectivity index (χ1v) is 3.87. The zero-order chi connectivity index (χ0) is 8.55. The monoisotopic (exact) mass is 182 g/mol. The fourth-order valence-corrected chi connectivity index (χ4v) is 1.19. The van der Waals surface area contributed by atoms with E-state index in [9.17, 15) is 0 Å². The average Bonchev–Trinajstić information content (AvgIpc) is 2.46. The molecule has 12 heavy (non-hydrogen) atoms. The molecule has 2 heterocycles. The Morgan fingerprint density at radius 3 is 3.08 bits per heavy atom. The van der Waals surface area contributed by atoms with Crippen molar-refractivity contribution < 1.29 is 0 Å². The van der Waals surface area contributed by atoms with E-state index in [4.69, 9.17) is 17.3 Å². The highest BCUT2D eigenvalue weighted by atomic mass is 35.5. The van der Waals surface area contributed by atoms with Gasteiger partial charge in [-0.15, -0.1) is 0 Å². The maximum absolute atomic E-state index is 5.72. The third kappa shape index (κ3) is 1.05. The van der Waals surface area contributed by atoms with Gasteiger partial charge in [0.25, 0.3) is 0 Å². The molecule has 2 N–H and O–H groups in total. The van der Waals surface area contributed by atoms with E-state index >= 15 is 0 Å². The van der Waals surface area contributed by atoms with E-state index < -0.39 is 0 Å². The first kappa shape index (κ1) is 7.52. The zero-order valence-corrected chi connectivity index (χ0v) is 6.99. The quantitative estimate of drug-likeness (QED) is 0.711. The van der Waals surface area contributed by atoms with Crippen molar-refractivity contribution in [2.75, 3.05) is 0 Å². The van der Waals surface area contributed by atoms with Gasteiger partial charge in [-0.05, 0) is 0 Å². The summed E-state index contributed by atoms with van der Waals surface area (Å²) in [4.78, 5) is 4.10. The molecule has 5 heteroatoms. The van der Waals surface area contributed by atoms with Crippen molar-refractivity contribution in [1.29, 1.82) is 0 Å². The summed E-state index contributed by atoms with van der Waals surface area (Å²) in [5.74, 6) is 0. The normalized spacial score (nSPS) is 10.8. The van der Waals surface area contributed by atoms with Crippen molar-refractivity contribution >= 4 is 17.2 Å². The van der Waals surface area contributed by atoms with Crippen LogP contribution in [0.3, 0.4) is 0 Å². The lowest BCUT2D eigenvalue weighted by Gasteiger charge is -1.93. The van der Waals surface area contributed by atoms with Crippen molar-refractivity contribution in [2.24, 2.45) is 5.73 Å². The van der Waals surface area contributed by atoms with Gasteiger partial charge >= 0.3 is 0 Å². The summed E-state index contributed by atoms with van der Waals surface area (Å²) in [5, 5.41) is 4.60. The van der Waals surface area contributed by atoms with E-state index in [1.54, 1.807) is 23.1 Å². The van der Waals surface area contributed by atoms with E-state index in [-0.39, 0.29) is 0 Å². The van der Waals surface area contributed by atoms with Crippen molar-refractivity contribution in [3.63, 3.8) is 0 Å². The van der Waals surface area contributed by atoms with Crippen molar-refractivity contribution in [3.8, 4) is 0 Å². The van der Waals surface area contributed by atoms with Gasteiger partial charge in [-0.25, -0.2) is 9.50 Å². The minimum atomic E-state index is 0.443. The number of fused-ring (bicyclic) bond motifs is 1. The molecular weight excluding hydrogens is 176 g/mol. The molecule has 0 spiro atoms. The Hall–Kier alpha value is -1.13. The second kappa shape index (κ2) is 2.73. The largest absolute Gasteiger partial charge is 0.326 e. The standard InChI is InChI=1S/C7H7ClN4/c8-6-3-10-7-5(1-9)2-11-12(7)4-6/h2-4H,1,9H2. The van der Waals surface area contributed by atoms with E-state index in [0.717, 1.165) is 11.2 Å². The van der Waals surface area contributed by atoms with Crippen LogP contribution in [0.4, 0.5) is 0 Å². The average molecular weight is 183 g/mol. The minimum Gasteiger partial charge on any atom is -0.326 e. The topological polar surface area (TPSA) is 56.2 Å². The summed E-state index contributed by atoms with van der Waals surface area (Å²) >= 11 is 5.72. The predicted octanol–water partition coefficient (Wildman–Crippen LogP) is 0.841. The van der Waals surface area contributed by atoms with Crippen LogP contribution in [0.2, 0.25) is 5.02 Å². The number of rotatable bonds is 1. The molecule has 0 amide bonds. The second-order valence-electron chi connectivity index (χ2n) is 2.41. The molecule has 0 fully saturated rings. The third-order valence-electron chi connectivity index (χ3n) is 1.62. The van der Waals surface area contributed by atoms with Crippen LogP contribution in [0, 0.1) is 0 Å². The maximum atomic E-state index is 5.72. The molecule has 0 saturated heterocycles. The summed E-state index contributed by atoms with van der Waals surface area (Å²) in [6, 6.07) is 0. The summed E-state index contributed by atoms with van der Waals surface area (Å²) < 4.78 is 1.62. The molecule has 0 aromatic carbocycles. The number of hydrogen-bond acceptors (Lipinski definition) is 3. The zero-order valence-electron chi connectivity index (χ0n) is 6.24. The molecule has 0 atom stereocenters. The van der Waals surface area contributed by atoms with Crippen molar-refractivity contribution in [3.05, 3.63) is 29.2 Å². The van der Waals surface area contributed by atoms with Crippen LogP contribution < -0.4 is 5.73 Å². The number of hydrogen-bond donors (Lipinski definition) is 1. The lowest BCUT2D eigenvalue weighted by atomic mass is 10.3. The van der Waals surface area contributed by atoms with Gasteiger partial charge in [0.1, 0.15) is 0 Å². The van der Waals surface area contributed by atoms with Crippen LogP contribution >= 0.6 is 11.6 Å². The van der Waals surface area contributed by atoms with Crippen LogP contribution in [-0.4, -0.2) is 14.6 Å². The lowest BCUT2D eigenvalue weighted by Crippen LogP contribution is -1.96. The highest BCUT2D eigenvalue weighted by molar-refractivity contribution is 6.30. The molecule has 0 unspecified atom stereocenters. The first-order valence-electron chi connectivity index (χ1n) is 3.49. The fourth-order valence-electron chi connectivity index (χ4n) is 1.04. The SMILES string of the molecule is NCc1cnn2cc(Cl)cnc12. The molecule has 0 aliphatic heterocycles. The van der Waals surface area contributed by atoms with Gasteiger partial charge in [0.05, 0.1) is 17.4 Å². The van der Waals surface area contributed by atoms with Crippen molar-refractivity contribution in [1.82, 2.24) is 14.6 Å². The first-order chi connectivity index (χ1) is 5.81. The van der Waals surface area contributed by atoms with Crippen LogP contribution in [-0.2, 0) is 6.54 Å². The minimum absolute atomic E-state index is 0.443. The molecule has 2 rings (SSSR count). The van der Waals surface area contributed by atoms with Gasteiger partial charge in [0.2, 0.25) is 0 Å². The Bertz CT molecular complexity index is 409. The Morgan fingerprint density at radius 1 is 1.50 bits per heavy atom. The third-order valence-corrected chi connectivity index (χ3v) is 1.81. The number of nitrogens with two attached hydrogens (primary N) is 1. The molecule has 0 saturated carbocycles. The molecule has 0 bridgehead atoms. The Balaban J connectivity index is 2.73. The van der Waals surface area contributed by atoms with E-state index in [1.807, 2.05) is 0 Å². The van der Waals surface area contributed by atoms with Crippen LogP contribution in [0.25, 0.3) is 5.65 Å². The smallest absolute Gasteiger partial charge is 0.159 e. The van der Waals surface area contributed by atoms with Crippen LogP contribution in [0.1, 0.15) is 5.56 Å². The summed E-state index contributed by atoms with van der Waals surface area (Å²) in [6.07, 6.45) is 4.97. The highest BCUT2D eigenvalue weighted by Crippen LogP contribution is 2.10. The van der Waals surface area contributed by atoms with Crippen molar-refractivity contribution in [2.45, 2.75) is 6.54 Å². The van der Waals surface area contributed by atoms with Crippen LogP contribution in [0.5, 0.6) is 0 Å². The van der Waals surface area contributed by atoms with E-state index in [0.29, 0.717) is 11.6 Å². The van der Waals surface area contributed by atoms with Gasteiger partial charge in [-0.3, -0.25) is 0 Å². The van der Waals surface area contributed by atoms with Crippen LogP contribution in [0.15, 0.2) is 18.6 Å². The van der Waals surface area contributed by atoms with Gasteiger partial charge in [0, 0.05) is 18.3 Å².